The Kier molecular flexibility index (Phi) is 5.81. The first kappa shape index (κ1) is 14.8. The SMILES string of the molecule is COC(CNC1CCN(S(C)(=O)=O)CC1)OC. The van der Waals surface area contributed by atoms with Crippen molar-refractivity contribution in [2.45, 2.75) is 25.2 Å². The quantitative estimate of drug-likeness (QED) is 0.664. The fourth-order valence-electron chi connectivity index (χ4n) is 1.92. The average Bonchev–Trinajstić information content (AvgIpc) is 2.30. The topological polar surface area (TPSA) is 67.9 Å². The van der Waals surface area contributed by atoms with Crippen LogP contribution in [0.3, 0.4) is 0 Å². The zero-order chi connectivity index (χ0) is 12.9. The van der Waals surface area contributed by atoms with Crippen LogP contribution in [0.25, 0.3) is 0 Å². The Balaban J connectivity index is 2.28. The molecule has 1 heterocycles. The molecule has 0 saturated carbocycles. The van der Waals surface area contributed by atoms with E-state index in [0.717, 1.165) is 12.8 Å². The van der Waals surface area contributed by atoms with Crippen molar-refractivity contribution in [3.63, 3.8) is 0 Å². The van der Waals surface area contributed by atoms with Gasteiger partial charge in [-0.25, -0.2) is 12.7 Å². The van der Waals surface area contributed by atoms with Gasteiger partial charge in [0, 0.05) is 39.9 Å². The fraction of sp³-hybridized carbons (Fsp3) is 1.00. The lowest BCUT2D eigenvalue weighted by Gasteiger charge is -2.31. The minimum atomic E-state index is -3.03. The first-order chi connectivity index (χ1) is 7.97. The van der Waals surface area contributed by atoms with Crippen molar-refractivity contribution in [2.24, 2.45) is 0 Å². The molecule has 102 valence electrons. The van der Waals surface area contributed by atoms with E-state index in [1.165, 1.54) is 10.6 Å². The molecule has 1 aliphatic rings. The van der Waals surface area contributed by atoms with Crippen LogP contribution < -0.4 is 5.32 Å². The third-order valence-electron chi connectivity index (χ3n) is 3.02. The molecule has 7 heteroatoms. The molecule has 0 aromatic heterocycles. The Morgan fingerprint density at radius 1 is 1.29 bits per heavy atom. The molecule has 0 bridgehead atoms. The van der Waals surface area contributed by atoms with Gasteiger partial charge in [-0.1, -0.05) is 0 Å². The largest absolute Gasteiger partial charge is 0.355 e. The van der Waals surface area contributed by atoms with Gasteiger partial charge in [0.25, 0.3) is 0 Å². The highest BCUT2D eigenvalue weighted by molar-refractivity contribution is 7.88. The van der Waals surface area contributed by atoms with Crippen LogP contribution in [0.2, 0.25) is 0 Å². The first-order valence-electron chi connectivity index (χ1n) is 5.71. The maximum atomic E-state index is 11.3. The third-order valence-corrected chi connectivity index (χ3v) is 4.33. The number of rotatable bonds is 6. The second-order valence-electron chi connectivity index (χ2n) is 4.25. The Bertz CT molecular complexity index is 308. The van der Waals surface area contributed by atoms with Gasteiger partial charge >= 0.3 is 0 Å². The Morgan fingerprint density at radius 2 is 1.82 bits per heavy atom. The van der Waals surface area contributed by atoms with Crippen molar-refractivity contribution < 1.29 is 17.9 Å². The number of nitrogens with one attached hydrogen (secondary N) is 1. The Hall–Kier alpha value is -0.210. The summed E-state index contributed by atoms with van der Waals surface area (Å²) in [6.07, 6.45) is 2.66. The number of nitrogens with zero attached hydrogens (tertiary/aromatic N) is 1. The molecule has 0 atom stereocenters. The molecule has 17 heavy (non-hydrogen) atoms. The molecule has 0 aromatic carbocycles. The molecule has 0 unspecified atom stereocenters. The summed E-state index contributed by atoms with van der Waals surface area (Å²) in [5.41, 5.74) is 0. The highest BCUT2D eigenvalue weighted by Gasteiger charge is 2.24. The van der Waals surface area contributed by atoms with E-state index in [0.29, 0.717) is 25.7 Å². The molecular formula is C10H22N2O4S. The lowest BCUT2D eigenvalue weighted by Crippen LogP contribution is -2.46. The van der Waals surface area contributed by atoms with Crippen LogP contribution >= 0.6 is 0 Å². The lowest BCUT2D eigenvalue weighted by molar-refractivity contribution is -0.100. The summed E-state index contributed by atoms with van der Waals surface area (Å²) in [5, 5.41) is 3.32. The summed E-state index contributed by atoms with van der Waals surface area (Å²) >= 11 is 0. The summed E-state index contributed by atoms with van der Waals surface area (Å²) in [4.78, 5) is 0. The van der Waals surface area contributed by atoms with Crippen molar-refractivity contribution in [3.05, 3.63) is 0 Å². The smallest absolute Gasteiger partial charge is 0.211 e. The molecule has 1 fully saturated rings. The number of hydrogen-bond donors (Lipinski definition) is 1. The van der Waals surface area contributed by atoms with E-state index in [4.69, 9.17) is 9.47 Å². The minimum absolute atomic E-state index is 0.247. The number of hydrogen-bond acceptors (Lipinski definition) is 5. The molecular weight excluding hydrogens is 244 g/mol. The molecule has 1 rings (SSSR count). The standard InChI is InChI=1S/C10H22N2O4S/c1-15-10(16-2)8-11-9-4-6-12(7-5-9)17(3,13)14/h9-11H,4-8H2,1-3H3. The van der Waals surface area contributed by atoms with Gasteiger partial charge in [-0.15, -0.1) is 0 Å². The summed E-state index contributed by atoms with van der Waals surface area (Å²) < 4.78 is 34.3. The molecule has 0 spiro atoms. The molecule has 6 nitrogen and oxygen atoms in total. The van der Waals surface area contributed by atoms with Crippen LogP contribution in [0.5, 0.6) is 0 Å². The Labute approximate surface area is 103 Å². The van der Waals surface area contributed by atoms with Crippen LogP contribution in [-0.2, 0) is 19.5 Å². The van der Waals surface area contributed by atoms with E-state index in [-0.39, 0.29) is 6.29 Å². The van der Waals surface area contributed by atoms with Crippen LogP contribution in [0.4, 0.5) is 0 Å². The van der Waals surface area contributed by atoms with Gasteiger partial charge in [0.05, 0.1) is 6.26 Å². The van der Waals surface area contributed by atoms with Gasteiger partial charge in [-0.3, -0.25) is 0 Å². The zero-order valence-electron chi connectivity index (χ0n) is 10.7. The Morgan fingerprint density at radius 3 is 2.24 bits per heavy atom. The average molecular weight is 266 g/mol. The van der Waals surface area contributed by atoms with Gasteiger partial charge in [0.2, 0.25) is 10.0 Å². The fourth-order valence-corrected chi connectivity index (χ4v) is 2.79. The second kappa shape index (κ2) is 6.65. The monoisotopic (exact) mass is 266 g/mol. The first-order valence-corrected chi connectivity index (χ1v) is 7.56. The predicted octanol–water partition coefficient (Wildman–Crippen LogP) is -0.381. The molecule has 1 aliphatic heterocycles. The highest BCUT2D eigenvalue weighted by Crippen LogP contribution is 2.13. The van der Waals surface area contributed by atoms with Crippen molar-refractivity contribution in [2.75, 3.05) is 40.1 Å². The highest BCUT2D eigenvalue weighted by atomic mass is 32.2. The van der Waals surface area contributed by atoms with Gasteiger partial charge in [-0.2, -0.15) is 0 Å². The van der Waals surface area contributed by atoms with E-state index in [1.54, 1.807) is 14.2 Å². The van der Waals surface area contributed by atoms with Crippen LogP contribution in [0, 0.1) is 0 Å². The molecule has 0 amide bonds. The maximum Gasteiger partial charge on any atom is 0.211 e. The lowest BCUT2D eigenvalue weighted by atomic mass is 10.1. The van der Waals surface area contributed by atoms with E-state index >= 15 is 0 Å². The molecule has 0 radical (unpaired) electrons. The maximum absolute atomic E-state index is 11.3. The van der Waals surface area contributed by atoms with Crippen LogP contribution in [0.15, 0.2) is 0 Å². The number of methoxy groups -OCH3 is 2. The van der Waals surface area contributed by atoms with E-state index in [2.05, 4.69) is 5.32 Å². The number of ether oxygens (including phenoxy) is 2. The summed E-state index contributed by atoms with van der Waals surface area (Å²) in [6, 6.07) is 0.334. The van der Waals surface area contributed by atoms with Crippen LogP contribution in [-0.4, -0.2) is 65.2 Å². The molecule has 0 aromatic rings. The molecule has 1 N–H and O–H groups in total. The van der Waals surface area contributed by atoms with E-state index in [9.17, 15) is 8.42 Å². The second-order valence-corrected chi connectivity index (χ2v) is 6.23. The summed E-state index contributed by atoms with van der Waals surface area (Å²) in [5.74, 6) is 0. The van der Waals surface area contributed by atoms with Crippen LogP contribution in [0.1, 0.15) is 12.8 Å². The summed E-state index contributed by atoms with van der Waals surface area (Å²) in [6.45, 7) is 1.79. The molecule has 0 aliphatic carbocycles. The van der Waals surface area contributed by atoms with Gasteiger partial charge < -0.3 is 14.8 Å². The number of sulfonamides is 1. The van der Waals surface area contributed by atoms with Gasteiger partial charge in [0.15, 0.2) is 6.29 Å². The zero-order valence-corrected chi connectivity index (χ0v) is 11.5. The summed E-state index contributed by atoms with van der Waals surface area (Å²) in [7, 11) is 0.165. The predicted molar refractivity (Wildman–Crippen MR) is 65.2 cm³/mol. The van der Waals surface area contributed by atoms with Gasteiger partial charge in [0.1, 0.15) is 0 Å². The molecule has 1 saturated heterocycles. The van der Waals surface area contributed by atoms with E-state index in [1.807, 2.05) is 0 Å². The van der Waals surface area contributed by atoms with E-state index < -0.39 is 10.0 Å². The number of piperidine rings is 1. The van der Waals surface area contributed by atoms with Crippen molar-refractivity contribution in [1.82, 2.24) is 9.62 Å². The van der Waals surface area contributed by atoms with Crippen molar-refractivity contribution >= 4 is 10.0 Å². The third kappa shape index (κ3) is 4.89. The normalized spacial score (nSPS) is 20.0. The minimum Gasteiger partial charge on any atom is -0.355 e. The van der Waals surface area contributed by atoms with Crippen molar-refractivity contribution in [3.8, 4) is 0 Å². The van der Waals surface area contributed by atoms with Gasteiger partial charge in [-0.05, 0) is 12.8 Å². The van der Waals surface area contributed by atoms with Crippen molar-refractivity contribution in [1.29, 1.82) is 0 Å².